The first-order valence-electron chi connectivity index (χ1n) is 6.58. The Morgan fingerprint density at radius 2 is 1.93 bits per heavy atom. The van der Waals surface area contributed by atoms with E-state index < -0.39 is 0 Å². The van der Waals surface area contributed by atoms with Crippen LogP contribution in [0.25, 0.3) is 0 Å². The molecule has 0 bridgehead atoms. The van der Waals surface area contributed by atoms with Crippen LogP contribution in [0.1, 0.15) is 52.4 Å². The van der Waals surface area contributed by atoms with Crippen LogP contribution in [0.15, 0.2) is 0 Å². The molecule has 0 aromatic carbocycles. The zero-order valence-electron chi connectivity index (χ0n) is 10.4. The average molecular weight is 213 g/mol. The maximum Gasteiger partial charge on any atom is 0.0499 e. The number of aliphatic hydroxyl groups excluding tert-OH is 1. The molecule has 2 N–H and O–H groups in total. The van der Waals surface area contributed by atoms with E-state index in [9.17, 15) is 5.11 Å². The largest absolute Gasteiger partial charge is 0.396 e. The number of aliphatic hydroxyl groups is 1. The normalized spacial score (nSPS) is 17.8. The lowest BCUT2D eigenvalue weighted by atomic mass is 9.82. The van der Waals surface area contributed by atoms with Gasteiger partial charge in [0.05, 0.1) is 0 Å². The molecule has 1 rings (SSSR count). The van der Waals surface area contributed by atoms with Gasteiger partial charge in [-0.3, -0.25) is 0 Å². The average Bonchev–Trinajstić information content (AvgIpc) is 2.22. The van der Waals surface area contributed by atoms with Crippen molar-refractivity contribution in [3.05, 3.63) is 0 Å². The van der Waals surface area contributed by atoms with Crippen LogP contribution in [0.5, 0.6) is 0 Å². The Morgan fingerprint density at radius 1 is 1.27 bits per heavy atom. The van der Waals surface area contributed by atoms with Crippen LogP contribution in [0.2, 0.25) is 0 Å². The van der Waals surface area contributed by atoms with Gasteiger partial charge in [-0.05, 0) is 31.7 Å². The zero-order valence-corrected chi connectivity index (χ0v) is 10.4. The second kappa shape index (κ2) is 6.49. The molecule has 0 unspecified atom stereocenters. The Bertz CT molecular complexity index is 154. The Hall–Kier alpha value is -0.0800. The highest BCUT2D eigenvalue weighted by atomic mass is 16.3. The SMILES string of the molecule is CCC(CC)(CO)CNCCC1CCC1. The predicted molar refractivity (Wildman–Crippen MR) is 64.9 cm³/mol. The van der Waals surface area contributed by atoms with E-state index in [0.717, 1.165) is 31.8 Å². The molecule has 0 radical (unpaired) electrons. The summed E-state index contributed by atoms with van der Waals surface area (Å²) in [5.41, 5.74) is 0.125. The van der Waals surface area contributed by atoms with Crippen molar-refractivity contribution >= 4 is 0 Å². The topological polar surface area (TPSA) is 32.3 Å². The van der Waals surface area contributed by atoms with Gasteiger partial charge in [0.1, 0.15) is 0 Å². The fourth-order valence-electron chi connectivity index (χ4n) is 2.22. The van der Waals surface area contributed by atoms with Gasteiger partial charge in [0.15, 0.2) is 0 Å². The van der Waals surface area contributed by atoms with Crippen LogP contribution < -0.4 is 5.32 Å². The molecule has 0 aliphatic heterocycles. The summed E-state index contributed by atoms with van der Waals surface area (Å²) < 4.78 is 0. The molecular formula is C13H27NO. The molecule has 15 heavy (non-hydrogen) atoms. The van der Waals surface area contributed by atoms with Crippen molar-refractivity contribution < 1.29 is 5.11 Å². The first kappa shape index (κ1) is 13.0. The lowest BCUT2D eigenvalue weighted by Crippen LogP contribution is -2.37. The summed E-state index contributed by atoms with van der Waals surface area (Å²) >= 11 is 0. The van der Waals surface area contributed by atoms with Gasteiger partial charge in [-0.15, -0.1) is 0 Å². The third-order valence-corrected chi connectivity index (χ3v) is 4.29. The highest BCUT2D eigenvalue weighted by Crippen LogP contribution is 2.29. The summed E-state index contributed by atoms with van der Waals surface area (Å²) in [4.78, 5) is 0. The van der Waals surface area contributed by atoms with Crippen LogP contribution in [0.3, 0.4) is 0 Å². The minimum Gasteiger partial charge on any atom is -0.396 e. The standard InChI is InChI=1S/C13H27NO/c1-3-13(4-2,11-15)10-14-9-8-12-6-5-7-12/h12,14-15H,3-11H2,1-2H3. The molecule has 1 saturated carbocycles. The molecule has 90 valence electrons. The third kappa shape index (κ3) is 3.76. The van der Waals surface area contributed by atoms with Crippen molar-refractivity contribution in [1.82, 2.24) is 5.32 Å². The van der Waals surface area contributed by atoms with E-state index in [-0.39, 0.29) is 5.41 Å². The van der Waals surface area contributed by atoms with Crippen molar-refractivity contribution in [1.29, 1.82) is 0 Å². The summed E-state index contributed by atoms with van der Waals surface area (Å²) in [6, 6.07) is 0. The summed E-state index contributed by atoms with van der Waals surface area (Å²) in [7, 11) is 0. The maximum absolute atomic E-state index is 9.40. The van der Waals surface area contributed by atoms with Crippen molar-refractivity contribution in [2.24, 2.45) is 11.3 Å². The molecule has 2 heteroatoms. The monoisotopic (exact) mass is 213 g/mol. The van der Waals surface area contributed by atoms with Gasteiger partial charge in [-0.1, -0.05) is 33.1 Å². The van der Waals surface area contributed by atoms with Crippen LogP contribution in [-0.4, -0.2) is 24.8 Å². The molecule has 1 fully saturated rings. The molecule has 0 spiro atoms. The van der Waals surface area contributed by atoms with Crippen molar-refractivity contribution in [3.8, 4) is 0 Å². The molecular weight excluding hydrogens is 186 g/mol. The highest BCUT2D eigenvalue weighted by Gasteiger charge is 2.24. The van der Waals surface area contributed by atoms with E-state index >= 15 is 0 Å². The summed E-state index contributed by atoms with van der Waals surface area (Å²) in [5, 5.41) is 12.9. The van der Waals surface area contributed by atoms with E-state index in [0.29, 0.717) is 6.61 Å². The third-order valence-electron chi connectivity index (χ3n) is 4.29. The minimum absolute atomic E-state index is 0.125. The zero-order chi connectivity index (χ0) is 11.1. The molecule has 0 aromatic heterocycles. The molecule has 0 atom stereocenters. The van der Waals surface area contributed by atoms with Gasteiger partial charge in [0.2, 0.25) is 0 Å². The molecule has 0 amide bonds. The summed E-state index contributed by atoms with van der Waals surface area (Å²) in [6.45, 7) is 6.77. The number of hydrogen-bond donors (Lipinski definition) is 2. The van der Waals surface area contributed by atoms with E-state index in [1.165, 1.54) is 25.7 Å². The second-order valence-electron chi connectivity index (χ2n) is 5.13. The van der Waals surface area contributed by atoms with Crippen LogP contribution in [0, 0.1) is 11.3 Å². The molecule has 1 aliphatic carbocycles. The van der Waals surface area contributed by atoms with Crippen molar-refractivity contribution in [3.63, 3.8) is 0 Å². The first-order valence-corrected chi connectivity index (χ1v) is 6.58. The molecule has 0 saturated heterocycles. The van der Waals surface area contributed by atoms with Gasteiger partial charge in [-0.25, -0.2) is 0 Å². The number of nitrogens with one attached hydrogen (secondary N) is 1. The van der Waals surface area contributed by atoms with Crippen LogP contribution >= 0.6 is 0 Å². The maximum atomic E-state index is 9.40. The second-order valence-corrected chi connectivity index (χ2v) is 5.13. The molecule has 0 aromatic rings. The Balaban J connectivity index is 2.09. The molecule has 1 aliphatic rings. The van der Waals surface area contributed by atoms with Crippen molar-refractivity contribution in [2.45, 2.75) is 52.4 Å². The Morgan fingerprint density at radius 3 is 2.33 bits per heavy atom. The fraction of sp³-hybridized carbons (Fsp3) is 1.00. The van der Waals surface area contributed by atoms with E-state index in [1.807, 2.05) is 0 Å². The van der Waals surface area contributed by atoms with Gasteiger partial charge in [-0.2, -0.15) is 0 Å². The predicted octanol–water partition coefficient (Wildman–Crippen LogP) is 2.56. The van der Waals surface area contributed by atoms with E-state index in [1.54, 1.807) is 0 Å². The van der Waals surface area contributed by atoms with Gasteiger partial charge in [0, 0.05) is 18.6 Å². The highest BCUT2D eigenvalue weighted by molar-refractivity contribution is 4.79. The lowest BCUT2D eigenvalue weighted by molar-refractivity contribution is 0.112. The minimum atomic E-state index is 0.125. The van der Waals surface area contributed by atoms with Gasteiger partial charge in [0.25, 0.3) is 0 Å². The molecule has 0 heterocycles. The van der Waals surface area contributed by atoms with Gasteiger partial charge < -0.3 is 10.4 Å². The van der Waals surface area contributed by atoms with Crippen LogP contribution in [-0.2, 0) is 0 Å². The van der Waals surface area contributed by atoms with E-state index in [2.05, 4.69) is 19.2 Å². The number of hydrogen-bond acceptors (Lipinski definition) is 2. The Kier molecular flexibility index (Phi) is 5.62. The van der Waals surface area contributed by atoms with Crippen LogP contribution in [0.4, 0.5) is 0 Å². The fourth-order valence-corrected chi connectivity index (χ4v) is 2.22. The van der Waals surface area contributed by atoms with E-state index in [4.69, 9.17) is 0 Å². The number of rotatable bonds is 8. The Labute approximate surface area is 94.5 Å². The van der Waals surface area contributed by atoms with Gasteiger partial charge >= 0.3 is 0 Å². The quantitative estimate of drug-likeness (QED) is 0.607. The smallest absolute Gasteiger partial charge is 0.0499 e. The first-order chi connectivity index (χ1) is 7.26. The summed E-state index contributed by atoms with van der Waals surface area (Å²) in [6.07, 6.45) is 7.78. The lowest BCUT2D eigenvalue weighted by Gasteiger charge is -2.31. The van der Waals surface area contributed by atoms with Crippen molar-refractivity contribution in [2.75, 3.05) is 19.7 Å². The molecule has 2 nitrogen and oxygen atoms in total. The summed E-state index contributed by atoms with van der Waals surface area (Å²) in [5.74, 6) is 0.990.